The molecule has 0 bridgehead atoms. The van der Waals surface area contributed by atoms with Crippen LogP contribution in [-0.2, 0) is 14.4 Å². The number of rotatable bonds is 6. The van der Waals surface area contributed by atoms with Gasteiger partial charge < -0.3 is 29.5 Å². The monoisotopic (exact) mass is 464 g/mol. The third-order valence-electron chi connectivity index (χ3n) is 5.99. The highest BCUT2D eigenvalue weighted by atomic mass is 16.5. The minimum Gasteiger partial charge on any atom is -0.496 e. The van der Waals surface area contributed by atoms with Crippen molar-refractivity contribution < 1.29 is 38.9 Å². The Morgan fingerprint density at radius 3 is 1.82 bits per heavy atom. The lowest BCUT2D eigenvalue weighted by Crippen LogP contribution is -2.50. The van der Waals surface area contributed by atoms with Gasteiger partial charge in [-0.2, -0.15) is 0 Å². The van der Waals surface area contributed by atoms with Crippen LogP contribution in [0.2, 0.25) is 0 Å². The molecule has 10 heteroatoms. The van der Waals surface area contributed by atoms with Gasteiger partial charge in [0.05, 0.1) is 14.2 Å². The van der Waals surface area contributed by atoms with Gasteiger partial charge in [0.2, 0.25) is 5.91 Å². The van der Waals surface area contributed by atoms with Crippen LogP contribution >= 0.6 is 0 Å². The van der Waals surface area contributed by atoms with Gasteiger partial charge in [0.1, 0.15) is 17.1 Å². The molecule has 3 rings (SSSR count). The van der Waals surface area contributed by atoms with Crippen molar-refractivity contribution in [1.82, 2.24) is 9.80 Å². The maximum atomic E-state index is 13.0. The number of piperazine rings is 1. The van der Waals surface area contributed by atoms with E-state index in [1.54, 1.807) is 37.3 Å². The third kappa shape index (κ3) is 7.37. The van der Waals surface area contributed by atoms with E-state index < -0.39 is 11.9 Å². The van der Waals surface area contributed by atoms with Gasteiger partial charge in [0.15, 0.2) is 0 Å². The van der Waals surface area contributed by atoms with Crippen LogP contribution in [0.4, 0.5) is 0 Å². The minimum absolute atomic E-state index is 0.109. The first-order chi connectivity index (χ1) is 15.8. The van der Waals surface area contributed by atoms with Gasteiger partial charge in [-0.3, -0.25) is 9.59 Å². The highest BCUT2D eigenvalue weighted by Gasteiger charge is 2.29. The number of carbonyl (C=O) groups excluding carboxylic acids is 2. The number of carbonyl (C=O) groups is 4. The Kier molecular flexibility index (Phi) is 9.96. The van der Waals surface area contributed by atoms with Gasteiger partial charge in [-0.1, -0.05) is 31.7 Å². The topological polar surface area (TPSA) is 134 Å². The Labute approximate surface area is 193 Å². The lowest BCUT2D eigenvalue weighted by atomic mass is 10.0. The first kappa shape index (κ1) is 26.0. The smallest absolute Gasteiger partial charge is 0.414 e. The van der Waals surface area contributed by atoms with Crippen molar-refractivity contribution in [3.05, 3.63) is 23.8 Å². The second-order valence-electron chi connectivity index (χ2n) is 8.01. The Balaban J connectivity index is 0.000000569. The summed E-state index contributed by atoms with van der Waals surface area (Å²) in [5, 5.41) is 14.8. The van der Waals surface area contributed by atoms with E-state index in [1.165, 1.54) is 25.7 Å². The van der Waals surface area contributed by atoms with E-state index in [-0.39, 0.29) is 11.8 Å². The summed E-state index contributed by atoms with van der Waals surface area (Å²) >= 11 is 0. The van der Waals surface area contributed by atoms with E-state index in [2.05, 4.69) is 0 Å². The number of hydrogen-bond acceptors (Lipinski definition) is 6. The molecule has 2 N–H and O–H groups in total. The largest absolute Gasteiger partial charge is 0.496 e. The Morgan fingerprint density at radius 1 is 0.879 bits per heavy atom. The summed E-state index contributed by atoms with van der Waals surface area (Å²) in [6.07, 6.45) is 6.82. The number of carboxylic acids is 2. The van der Waals surface area contributed by atoms with Gasteiger partial charge >= 0.3 is 11.9 Å². The van der Waals surface area contributed by atoms with Crippen molar-refractivity contribution in [1.29, 1.82) is 0 Å². The Morgan fingerprint density at radius 2 is 1.36 bits per heavy atom. The van der Waals surface area contributed by atoms with Crippen LogP contribution in [0.15, 0.2) is 18.2 Å². The molecule has 1 aliphatic heterocycles. The fourth-order valence-corrected chi connectivity index (χ4v) is 4.16. The van der Waals surface area contributed by atoms with Gasteiger partial charge in [-0.05, 0) is 24.5 Å². The molecule has 33 heavy (non-hydrogen) atoms. The normalized spacial score (nSPS) is 15.9. The Hall–Kier alpha value is -3.30. The molecule has 10 nitrogen and oxygen atoms in total. The summed E-state index contributed by atoms with van der Waals surface area (Å²) in [4.78, 5) is 47.4. The molecule has 1 heterocycles. The molecule has 1 saturated heterocycles. The number of aliphatic carboxylic acids is 2. The van der Waals surface area contributed by atoms with E-state index >= 15 is 0 Å². The lowest BCUT2D eigenvalue weighted by molar-refractivity contribution is -0.159. The van der Waals surface area contributed by atoms with Crippen molar-refractivity contribution in [3.63, 3.8) is 0 Å². The molecule has 2 amide bonds. The number of benzene rings is 1. The maximum absolute atomic E-state index is 13.0. The quantitative estimate of drug-likeness (QED) is 0.612. The summed E-state index contributed by atoms with van der Waals surface area (Å²) in [5.41, 5.74) is 0.448. The molecule has 0 spiro atoms. The third-order valence-corrected chi connectivity index (χ3v) is 5.99. The van der Waals surface area contributed by atoms with Crippen LogP contribution < -0.4 is 9.47 Å². The number of hydrogen-bond donors (Lipinski definition) is 2. The van der Waals surface area contributed by atoms with Crippen LogP contribution in [0.1, 0.15) is 48.9 Å². The molecule has 0 atom stereocenters. The van der Waals surface area contributed by atoms with Crippen molar-refractivity contribution in [2.75, 3.05) is 40.4 Å². The van der Waals surface area contributed by atoms with Crippen LogP contribution in [0.3, 0.4) is 0 Å². The zero-order valence-electron chi connectivity index (χ0n) is 19.1. The average molecular weight is 465 g/mol. The second kappa shape index (κ2) is 12.7. The van der Waals surface area contributed by atoms with Gasteiger partial charge in [-0.25, -0.2) is 9.59 Å². The number of amides is 2. The van der Waals surface area contributed by atoms with E-state index in [1.807, 2.05) is 4.90 Å². The van der Waals surface area contributed by atoms with E-state index in [0.29, 0.717) is 49.7 Å². The van der Waals surface area contributed by atoms with Crippen molar-refractivity contribution in [2.24, 2.45) is 5.92 Å². The summed E-state index contributed by atoms with van der Waals surface area (Å²) in [6, 6.07) is 5.33. The highest BCUT2D eigenvalue weighted by molar-refractivity contribution is 6.27. The molecular weight excluding hydrogens is 432 g/mol. The molecule has 1 saturated carbocycles. The number of nitrogens with zero attached hydrogens (tertiary/aromatic N) is 2. The number of carboxylic acid groups (broad SMARTS) is 2. The SMILES string of the molecule is COc1cccc(OC)c1C(=O)N1CCN(C(=O)CCC2CCCC2)CC1.O=C(O)C(=O)O. The Bertz CT molecular complexity index is 809. The molecule has 182 valence electrons. The van der Waals surface area contributed by atoms with Gasteiger partial charge in [-0.15, -0.1) is 0 Å². The van der Waals surface area contributed by atoms with E-state index in [4.69, 9.17) is 29.3 Å². The molecule has 1 aromatic carbocycles. The molecule has 2 fully saturated rings. The summed E-state index contributed by atoms with van der Waals surface area (Å²) in [7, 11) is 3.10. The van der Waals surface area contributed by atoms with E-state index in [0.717, 1.165) is 12.3 Å². The van der Waals surface area contributed by atoms with Gasteiger partial charge in [0, 0.05) is 32.6 Å². The fraction of sp³-hybridized carbons (Fsp3) is 0.565. The predicted molar refractivity (Wildman–Crippen MR) is 118 cm³/mol. The van der Waals surface area contributed by atoms with Crippen molar-refractivity contribution in [3.8, 4) is 11.5 Å². The van der Waals surface area contributed by atoms with Crippen molar-refractivity contribution >= 4 is 23.8 Å². The minimum atomic E-state index is -1.82. The molecule has 1 aliphatic carbocycles. The van der Waals surface area contributed by atoms with E-state index in [9.17, 15) is 9.59 Å². The van der Waals surface area contributed by atoms with Crippen molar-refractivity contribution in [2.45, 2.75) is 38.5 Å². The van der Waals surface area contributed by atoms with Crippen LogP contribution in [-0.4, -0.2) is 84.2 Å². The molecule has 2 aliphatic rings. The van der Waals surface area contributed by atoms with Gasteiger partial charge in [0.25, 0.3) is 5.91 Å². The average Bonchev–Trinajstić information content (AvgIpc) is 3.35. The first-order valence-corrected chi connectivity index (χ1v) is 11.0. The fourth-order valence-electron chi connectivity index (χ4n) is 4.16. The van der Waals surface area contributed by atoms with Crippen LogP contribution in [0.25, 0.3) is 0 Å². The molecule has 0 unspecified atom stereocenters. The summed E-state index contributed by atoms with van der Waals surface area (Å²) in [6.45, 7) is 2.25. The molecule has 1 aromatic rings. The molecule has 0 aromatic heterocycles. The summed E-state index contributed by atoms with van der Waals surface area (Å²) < 4.78 is 10.7. The molecular formula is C23H32N2O8. The summed E-state index contributed by atoms with van der Waals surface area (Å²) in [5.74, 6) is -1.78. The standard InChI is InChI=1S/C21H30N2O4.C2H2O4/c1-26-17-8-5-9-18(27-2)20(17)21(25)23-14-12-22(13-15-23)19(24)11-10-16-6-3-4-7-16;3-1(4)2(5)6/h5,8-9,16H,3-4,6-7,10-15H2,1-2H3;(H,3,4)(H,5,6). The zero-order valence-corrected chi connectivity index (χ0v) is 19.1. The highest BCUT2D eigenvalue weighted by Crippen LogP contribution is 2.30. The predicted octanol–water partition coefficient (Wildman–Crippen LogP) is 2.11. The zero-order chi connectivity index (χ0) is 24.4. The lowest BCUT2D eigenvalue weighted by Gasteiger charge is -2.35. The first-order valence-electron chi connectivity index (χ1n) is 11.0. The van der Waals surface area contributed by atoms with Crippen LogP contribution in [0, 0.1) is 5.92 Å². The van der Waals surface area contributed by atoms with Crippen LogP contribution in [0.5, 0.6) is 11.5 Å². The number of ether oxygens (including phenoxy) is 2. The maximum Gasteiger partial charge on any atom is 0.414 e. The second-order valence-corrected chi connectivity index (χ2v) is 8.01. The number of methoxy groups -OCH3 is 2. The molecule has 0 radical (unpaired) electrons.